The molecular formula is C11H14FNO. The van der Waals surface area contributed by atoms with E-state index in [0.29, 0.717) is 18.6 Å². The molecule has 0 aliphatic carbocycles. The molecule has 1 aromatic carbocycles. The molecule has 1 rings (SSSR count). The summed E-state index contributed by atoms with van der Waals surface area (Å²) < 4.78 is 18.5. The van der Waals surface area contributed by atoms with E-state index in [4.69, 9.17) is 10.5 Å². The summed E-state index contributed by atoms with van der Waals surface area (Å²) in [7, 11) is 0. The van der Waals surface area contributed by atoms with Crippen LogP contribution in [0.5, 0.6) is 5.75 Å². The third kappa shape index (κ3) is 2.57. The van der Waals surface area contributed by atoms with Crippen molar-refractivity contribution in [2.75, 3.05) is 6.61 Å². The number of hydrogen-bond acceptors (Lipinski definition) is 2. The van der Waals surface area contributed by atoms with Gasteiger partial charge in [0, 0.05) is 12.1 Å². The maximum Gasteiger partial charge on any atom is 0.165 e. The van der Waals surface area contributed by atoms with Gasteiger partial charge in [-0.2, -0.15) is 0 Å². The van der Waals surface area contributed by atoms with Crippen molar-refractivity contribution in [2.45, 2.75) is 13.0 Å². The largest absolute Gasteiger partial charge is 0.490 e. The molecule has 0 atom stereocenters. The molecule has 0 aromatic heterocycles. The highest BCUT2D eigenvalue weighted by atomic mass is 19.1. The molecular weight excluding hydrogens is 181 g/mol. The molecule has 0 heterocycles. The molecule has 0 aliphatic rings. The topological polar surface area (TPSA) is 35.2 Å². The number of rotatable bonds is 5. The van der Waals surface area contributed by atoms with Crippen LogP contribution in [0, 0.1) is 5.82 Å². The molecule has 2 N–H and O–H groups in total. The standard InChI is InChI=1S/C11H14FNO/c1-2-3-7-14-11-9(8-13)5-4-6-10(11)12/h2,4-6H,1,3,7-8,13H2. The average molecular weight is 195 g/mol. The van der Waals surface area contributed by atoms with Gasteiger partial charge in [-0.1, -0.05) is 18.2 Å². The normalized spacial score (nSPS) is 9.86. The van der Waals surface area contributed by atoms with E-state index in [-0.39, 0.29) is 18.1 Å². The van der Waals surface area contributed by atoms with E-state index in [1.807, 2.05) is 0 Å². The highest BCUT2D eigenvalue weighted by Gasteiger charge is 2.07. The Labute approximate surface area is 83.2 Å². The maximum atomic E-state index is 13.3. The van der Waals surface area contributed by atoms with Crippen molar-refractivity contribution in [3.05, 3.63) is 42.2 Å². The minimum absolute atomic E-state index is 0.261. The van der Waals surface area contributed by atoms with Gasteiger partial charge in [-0.3, -0.25) is 0 Å². The van der Waals surface area contributed by atoms with Crippen molar-refractivity contribution in [3.63, 3.8) is 0 Å². The van der Waals surface area contributed by atoms with E-state index in [1.54, 1.807) is 18.2 Å². The van der Waals surface area contributed by atoms with Crippen LogP contribution >= 0.6 is 0 Å². The van der Waals surface area contributed by atoms with Crippen LogP contribution < -0.4 is 10.5 Å². The Balaban J connectivity index is 2.76. The predicted molar refractivity (Wildman–Crippen MR) is 54.6 cm³/mol. The summed E-state index contributed by atoms with van der Waals surface area (Å²) >= 11 is 0. The Morgan fingerprint density at radius 1 is 1.50 bits per heavy atom. The first-order chi connectivity index (χ1) is 6.79. The summed E-state index contributed by atoms with van der Waals surface area (Å²) in [5.74, 6) is -0.103. The molecule has 0 unspecified atom stereocenters. The summed E-state index contributed by atoms with van der Waals surface area (Å²) in [4.78, 5) is 0. The fourth-order valence-electron chi connectivity index (χ4n) is 1.12. The van der Waals surface area contributed by atoms with Gasteiger partial charge in [-0.15, -0.1) is 6.58 Å². The minimum atomic E-state index is -0.364. The Morgan fingerprint density at radius 2 is 2.29 bits per heavy atom. The first kappa shape index (κ1) is 10.7. The molecule has 1 aromatic rings. The summed E-state index contributed by atoms with van der Waals surface area (Å²) in [5.41, 5.74) is 6.15. The third-order valence-electron chi connectivity index (χ3n) is 1.84. The van der Waals surface area contributed by atoms with Crippen LogP contribution in [0.1, 0.15) is 12.0 Å². The zero-order valence-electron chi connectivity index (χ0n) is 8.00. The van der Waals surface area contributed by atoms with Crippen LogP contribution in [-0.2, 0) is 6.54 Å². The lowest BCUT2D eigenvalue weighted by Gasteiger charge is -2.09. The van der Waals surface area contributed by atoms with Crippen molar-refractivity contribution in [3.8, 4) is 5.75 Å². The van der Waals surface area contributed by atoms with Gasteiger partial charge in [-0.05, 0) is 12.5 Å². The first-order valence-electron chi connectivity index (χ1n) is 4.50. The van der Waals surface area contributed by atoms with Gasteiger partial charge in [0.05, 0.1) is 6.61 Å². The second kappa shape index (κ2) is 5.40. The first-order valence-corrected chi connectivity index (χ1v) is 4.50. The van der Waals surface area contributed by atoms with E-state index in [1.165, 1.54) is 6.07 Å². The van der Waals surface area contributed by atoms with Gasteiger partial charge in [0.15, 0.2) is 11.6 Å². The van der Waals surface area contributed by atoms with Crippen LogP contribution in [0.25, 0.3) is 0 Å². The lowest BCUT2D eigenvalue weighted by Crippen LogP contribution is -2.05. The molecule has 0 fully saturated rings. The molecule has 14 heavy (non-hydrogen) atoms. The Morgan fingerprint density at radius 3 is 2.93 bits per heavy atom. The van der Waals surface area contributed by atoms with Crippen LogP contribution in [0.4, 0.5) is 4.39 Å². The zero-order chi connectivity index (χ0) is 10.4. The molecule has 0 bridgehead atoms. The van der Waals surface area contributed by atoms with Crippen molar-refractivity contribution >= 4 is 0 Å². The van der Waals surface area contributed by atoms with E-state index in [2.05, 4.69) is 6.58 Å². The Bertz CT molecular complexity index is 312. The summed E-state index contributed by atoms with van der Waals surface area (Å²) in [6.07, 6.45) is 2.42. The maximum absolute atomic E-state index is 13.3. The molecule has 0 saturated heterocycles. The molecule has 3 heteroatoms. The molecule has 2 nitrogen and oxygen atoms in total. The van der Waals surface area contributed by atoms with Gasteiger partial charge < -0.3 is 10.5 Å². The number of para-hydroxylation sites is 1. The third-order valence-corrected chi connectivity index (χ3v) is 1.84. The zero-order valence-corrected chi connectivity index (χ0v) is 8.00. The second-order valence-electron chi connectivity index (χ2n) is 2.86. The predicted octanol–water partition coefficient (Wildman–Crippen LogP) is 2.24. The highest BCUT2D eigenvalue weighted by molar-refractivity contribution is 5.34. The fourth-order valence-corrected chi connectivity index (χ4v) is 1.12. The lowest BCUT2D eigenvalue weighted by molar-refractivity contribution is 0.304. The van der Waals surface area contributed by atoms with Crippen molar-refractivity contribution < 1.29 is 9.13 Å². The smallest absolute Gasteiger partial charge is 0.165 e. The summed E-state index contributed by atoms with van der Waals surface area (Å²) in [6, 6.07) is 4.74. The van der Waals surface area contributed by atoms with E-state index in [0.717, 1.165) is 0 Å². The van der Waals surface area contributed by atoms with Gasteiger partial charge in [0.2, 0.25) is 0 Å². The quantitative estimate of drug-likeness (QED) is 0.577. The van der Waals surface area contributed by atoms with Crippen molar-refractivity contribution in [1.82, 2.24) is 0 Å². The second-order valence-corrected chi connectivity index (χ2v) is 2.86. The molecule has 0 saturated carbocycles. The van der Waals surface area contributed by atoms with Crippen LogP contribution in [0.3, 0.4) is 0 Å². The monoisotopic (exact) mass is 195 g/mol. The number of hydrogen-bond donors (Lipinski definition) is 1. The molecule has 0 radical (unpaired) electrons. The summed E-state index contributed by atoms with van der Waals surface area (Å²) in [5, 5.41) is 0. The number of halogens is 1. The van der Waals surface area contributed by atoms with Crippen molar-refractivity contribution in [2.24, 2.45) is 5.73 Å². The number of nitrogens with two attached hydrogens (primary N) is 1. The van der Waals surface area contributed by atoms with Gasteiger partial charge in [0.25, 0.3) is 0 Å². The molecule has 0 amide bonds. The van der Waals surface area contributed by atoms with Gasteiger partial charge in [-0.25, -0.2) is 4.39 Å². The van der Waals surface area contributed by atoms with Gasteiger partial charge >= 0.3 is 0 Å². The number of ether oxygens (including phenoxy) is 1. The molecule has 0 aliphatic heterocycles. The Hall–Kier alpha value is -1.35. The Kier molecular flexibility index (Phi) is 4.13. The summed E-state index contributed by atoms with van der Waals surface area (Å²) in [6.45, 7) is 4.27. The average Bonchev–Trinajstić information content (AvgIpc) is 2.20. The lowest BCUT2D eigenvalue weighted by atomic mass is 10.2. The SMILES string of the molecule is C=CCCOc1c(F)cccc1CN. The fraction of sp³-hybridized carbons (Fsp3) is 0.273. The van der Waals surface area contributed by atoms with Crippen LogP contribution in [0.2, 0.25) is 0 Å². The highest BCUT2D eigenvalue weighted by Crippen LogP contribution is 2.22. The van der Waals surface area contributed by atoms with Crippen molar-refractivity contribution in [1.29, 1.82) is 0 Å². The van der Waals surface area contributed by atoms with Crippen LogP contribution in [-0.4, -0.2) is 6.61 Å². The minimum Gasteiger partial charge on any atom is -0.490 e. The molecule has 0 spiro atoms. The van der Waals surface area contributed by atoms with Crippen LogP contribution in [0.15, 0.2) is 30.9 Å². The van der Waals surface area contributed by atoms with E-state index < -0.39 is 0 Å². The number of benzene rings is 1. The van der Waals surface area contributed by atoms with Gasteiger partial charge in [0.1, 0.15) is 0 Å². The van der Waals surface area contributed by atoms with E-state index >= 15 is 0 Å². The van der Waals surface area contributed by atoms with E-state index in [9.17, 15) is 4.39 Å². The molecule has 76 valence electrons.